The van der Waals surface area contributed by atoms with Gasteiger partial charge in [0.1, 0.15) is 0 Å². The summed E-state index contributed by atoms with van der Waals surface area (Å²) in [6, 6.07) is 7.18. The fourth-order valence-electron chi connectivity index (χ4n) is 1.51. The van der Waals surface area contributed by atoms with Crippen LogP contribution in [0.25, 0.3) is 5.70 Å². The average molecular weight is 242 g/mol. The first-order valence-corrected chi connectivity index (χ1v) is 5.68. The van der Waals surface area contributed by atoms with E-state index in [-0.39, 0.29) is 0 Å². The van der Waals surface area contributed by atoms with E-state index in [4.69, 9.17) is 5.73 Å². The van der Waals surface area contributed by atoms with Crippen LogP contribution in [0.4, 0.5) is 0 Å². The van der Waals surface area contributed by atoms with E-state index in [0.717, 1.165) is 11.3 Å². The van der Waals surface area contributed by atoms with Gasteiger partial charge in [-0.05, 0) is 36.9 Å². The van der Waals surface area contributed by atoms with Gasteiger partial charge in [-0.15, -0.1) is 0 Å². The van der Waals surface area contributed by atoms with Crippen molar-refractivity contribution in [2.75, 3.05) is 7.05 Å². The standard InChI is InChI=1S/C15H18N2O/c1-4-6-7-14(17(3)5-2)12-8-10-13(11-9-12)15(16)18/h4-11H,2H2,1,3H3,(H2,16,18)/b6-4-,14-7-. The Bertz CT molecular complexity index is 484. The first-order valence-electron chi connectivity index (χ1n) is 5.68. The zero-order chi connectivity index (χ0) is 13.5. The van der Waals surface area contributed by atoms with Gasteiger partial charge in [0.2, 0.25) is 5.91 Å². The molecule has 18 heavy (non-hydrogen) atoms. The maximum Gasteiger partial charge on any atom is 0.248 e. The lowest BCUT2D eigenvalue weighted by Gasteiger charge is -2.18. The minimum absolute atomic E-state index is 0.419. The van der Waals surface area contributed by atoms with Gasteiger partial charge in [0.25, 0.3) is 0 Å². The second kappa shape index (κ2) is 6.45. The Balaban J connectivity index is 3.13. The Morgan fingerprint density at radius 2 is 1.83 bits per heavy atom. The molecule has 1 amide bonds. The Morgan fingerprint density at radius 1 is 1.28 bits per heavy atom. The molecular formula is C15H18N2O. The molecule has 0 heterocycles. The highest BCUT2D eigenvalue weighted by atomic mass is 16.1. The SMILES string of the molecule is C=CN(C)/C(=C\C=C/C)c1ccc(C(N)=O)cc1. The number of nitrogens with zero attached hydrogens (tertiary/aromatic N) is 1. The molecule has 0 aliphatic heterocycles. The third kappa shape index (κ3) is 3.35. The molecule has 0 radical (unpaired) electrons. The average Bonchev–Trinajstić information content (AvgIpc) is 2.39. The van der Waals surface area contributed by atoms with E-state index in [0.29, 0.717) is 5.56 Å². The Labute approximate surface area is 108 Å². The molecular weight excluding hydrogens is 224 g/mol. The van der Waals surface area contributed by atoms with Crippen molar-refractivity contribution in [2.24, 2.45) is 5.73 Å². The van der Waals surface area contributed by atoms with Gasteiger partial charge >= 0.3 is 0 Å². The van der Waals surface area contributed by atoms with Crippen LogP contribution < -0.4 is 5.73 Å². The highest BCUT2D eigenvalue weighted by molar-refractivity contribution is 5.93. The summed E-state index contributed by atoms with van der Waals surface area (Å²) in [5.74, 6) is -0.419. The number of carbonyl (C=O) groups excluding carboxylic acids is 1. The van der Waals surface area contributed by atoms with Gasteiger partial charge in [-0.1, -0.05) is 30.9 Å². The lowest BCUT2D eigenvalue weighted by atomic mass is 10.1. The fourth-order valence-corrected chi connectivity index (χ4v) is 1.51. The van der Waals surface area contributed by atoms with Crippen molar-refractivity contribution in [1.82, 2.24) is 4.90 Å². The van der Waals surface area contributed by atoms with Crippen LogP contribution in [-0.2, 0) is 0 Å². The van der Waals surface area contributed by atoms with Gasteiger partial charge in [0.05, 0.1) is 0 Å². The summed E-state index contributed by atoms with van der Waals surface area (Å²) >= 11 is 0. The molecule has 0 saturated carbocycles. The monoisotopic (exact) mass is 242 g/mol. The summed E-state index contributed by atoms with van der Waals surface area (Å²) in [5.41, 5.74) is 7.72. The number of allylic oxidation sites excluding steroid dienone is 3. The highest BCUT2D eigenvalue weighted by Gasteiger charge is 2.05. The maximum absolute atomic E-state index is 11.0. The van der Waals surface area contributed by atoms with E-state index in [2.05, 4.69) is 6.58 Å². The van der Waals surface area contributed by atoms with Crippen LogP contribution in [0.15, 0.2) is 55.3 Å². The van der Waals surface area contributed by atoms with Crippen LogP contribution in [0.5, 0.6) is 0 Å². The Hall–Kier alpha value is -2.29. The summed E-state index contributed by atoms with van der Waals surface area (Å²) in [5, 5.41) is 0. The van der Waals surface area contributed by atoms with E-state index in [1.54, 1.807) is 18.3 Å². The molecule has 0 aliphatic carbocycles. The molecule has 0 spiro atoms. The van der Waals surface area contributed by atoms with Crippen LogP contribution in [0.3, 0.4) is 0 Å². The van der Waals surface area contributed by atoms with Gasteiger partial charge in [0.15, 0.2) is 0 Å². The molecule has 0 aromatic heterocycles. The largest absolute Gasteiger partial charge is 0.366 e. The van der Waals surface area contributed by atoms with Crippen molar-refractivity contribution in [3.8, 4) is 0 Å². The third-order valence-corrected chi connectivity index (χ3v) is 2.57. The van der Waals surface area contributed by atoms with Gasteiger partial charge in [0, 0.05) is 18.3 Å². The van der Waals surface area contributed by atoms with Crippen LogP contribution in [0, 0.1) is 0 Å². The summed E-state index contributed by atoms with van der Waals surface area (Å²) in [6.07, 6.45) is 7.63. The quantitative estimate of drug-likeness (QED) is 0.807. The second-order valence-corrected chi connectivity index (χ2v) is 3.81. The number of primary amides is 1. The van der Waals surface area contributed by atoms with Crippen molar-refractivity contribution >= 4 is 11.6 Å². The molecule has 0 saturated heterocycles. The molecule has 3 nitrogen and oxygen atoms in total. The molecule has 0 bridgehead atoms. The van der Waals surface area contributed by atoms with Crippen LogP contribution in [-0.4, -0.2) is 17.9 Å². The number of nitrogens with two attached hydrogens (primary N) is 1. The lowest BCUT2D eigenvalue weighted by molar-refractivity contribution is 0.100. The van der Waals surface area contributed by atoms with E-state index < -0.39 is 5.91 Å². The number of carbonyl (C=O) groups is 1. The normalized spacial score (nSPS) is 11.6. The van der Waals surface area contributed by atoms with Crippen LogP contribution in [0.1, 0.15) is 22.8 Å². The maximum atomic E-state index is 11.0. The minimum Gasteiger partial charge on any atom is -0.366 e. The Morgan fingerprint density at radius 3 is 2.28 bits per heavy atom. The molecule has 0 unspecified atom stereocenters. The lowest BCUT2D eigenvalue weighted by Crippen LogP contribution is -2.12. The third-order valence-electron chi connectivity index (χ3n) is 2.57. The number of benzene rings is 1. The predicted octanol–water partition coefficient (Wildman–Crippen LogP) is 2.78. The van der Waals surface area contributed by atoms with Gasteiger partial charge in [-0.2, -0.15) is 0 Å². The number of rotatable bonds is 5. The molecule has 2 N–H and O–H groups in total. The minimum atomic E-state index is -0.419. The number of amides is 1. The van der Waals surface area contributed by atoms with Crippen molar-refractivity contribution < 1.29 is 4.79 Å². The molecule has 0 aliphatic rings. The molecule has 0 fully saturated rings. The number of hydrogen-bond donors (Lipinski definition) is 1. The summed E-state index contributed by atoms with van der Waals surface area (Å²) in [7, 11) is 1.92. The van der Waals surface area contributed by atoms with E-state index in [1.165, 1.54) is 0 Å². The molecule has 1 rings (SSSR count). The molecule has 0 atom stereocenters. The van der Waals surface area contributed by atoms with E-state index in [9.17, 15) is 4.79 Å². The zero-order valence-electron chi connectivity index (χ0n) is 10.8. The first-order chi connectivity index (χ1) is 8.60. The second-order valence-electron chi connectivity index (χ2n) is 3.81. The molecule has 1 aromatic carbocycles. The fraction of sp³-hybridized carbons (Fsp3) is 0.133. The molecule has 3 heteroatoms. The van der Waals surface area contributed by atoms with Crippen molar-refractivity contribution in [3.05, 3.63) is 66.4 Å². The number of hydrogen-bond acceptors (Lipinski definition) is 2. The summed E-state index contributed by atoms with van der Waals surface area (Å²) in [4.78, 5) is 12.9. The summed E-state index contributed by atoms with van der Waals surface area (Å²) in [6.45, 7) is 5.70. The molecule has 1 aromatic rings. The topological polar surface area (TPSA) is 46.3 Å². The highest BCUT2D eigenvalue weighted by Crippen LogP contribution is 2.19. The van der Waals surface area contributed by atoms with Crippen LogP contribution >= 0.6 is 0 Å². The first kappa shape index (κ1) is 13.8. The van der Waals surface area contributed by atoms with Crippen molar-refractivity contribution in [3.63, 3.8) is 0 Å². The summed E-state index contributed by atoms with van der Waals surface area (Å²) < 4.78 is 0. The van der Waals surface area contributed by atoms with Gasteiger partial charge in [-0.25, -0.2) is 0 Å². The van der Waals surface area contributed by atoms with Gasteiger partial charge < -0.3 is 10.6 Å². The zero-order valence-corrected chi connectivity index (χ0v) is 10.8. The van der Waals surface area contributed by atoms with Crippen LogP contribution in [0.2, 0.25) is 0 Å². The smallest absolute Gasteiger partial charge is 0.248 e. The van der Waals surface area contributed by atoms with Crippen molar-refractivity contribution in [1.29, 1.82) is 0 Å². The molecule has 94 valence electrons. The van der Waals surface area contributed by atoms with Crippen molar-refractivity contribution in [2.45, 2.75) is 6.92 Å². The van der Waals surface area contributed by atoms with E-state index in [1.807, 2.05) is 49.2 Å². The van der Waals surface area contributed by atoms with E-state index >= 15 is 0 Å². The Kier molecular flexibility index (Phi) is 4.93. The predicted molar refractivity (Wildman–Crippen MR) is 75.7 cm³/mol. The van der Waals surface area contributed by atoms with Gasteiger partial charge in [-0.3, -0.25) is 4.79 Å².